The SMILES string of the molecule is COc1cc(C)c(NC(=O)c2cnccn2)cc1C(C)C. The highest BCUT2D eigenvalue weighted by molar-refractivity contribution is 6.03. The molecule has 0 bridgehead atoms. The van der Waals surface area contributed by atoms with Crippen molar-refractivity contribution in [3.63, 3.8) is 0 Å². The lowest BCUT2D eigenvalue weighted by atomic mass is 9.99. The molecule has 0 fully saturated rings. The Labute approximate surface area is 124 Å². The second-order valence-corrected chi connectivity index (χ2v) is 5.11. The molecule has 0 aliphatic heterocycles. The van der Waals surface area contributed by atoms with Crippen LogP contribution in [0.4, 0.5) is 5.69 Å². The summed E-state index contributed by atoms with van der Waals surface area (Å²) in [7, 11) is 1.65. The van der Waals surface area contributed by atoms with Crippen LogP contribution in [0.2, 0.25) is 0 Å². The van der Waals surface area contributed by atoms with Crippen molar-refractivity contribution in [2.75, 3.05) is 12.4 Å². The van der Waals surface area contributed by atoms with Crippen molar-refractivity contribution >= 4 is 11.6 Å². The van der Waals surface area contributed by atoms with E-state index in [1.165, 1.54) is 18.6 Å². The van der Waals surface area contributed by atoms with Gasteiger partial charge in [0.2, 0.25) is 0 Å². The first kappa shape index (κ1) is 15.0. The Hall–Kier alpha value is -2.43. The Morgan fingerprint density at radius 2 is 2.05 bits per heavy atom. The molecule has 0 saturated heterocycles. The number of anilines is 1. The smallest absolute Gasteiger partial charge is 0.275 e. The van der Waals surface area contributed by atoms with Crippen LogP contribution >= 0.6 is 0 Å². The molecule has 1 N–H and O–H groups in total. The van der Waals surface area contributed by atoms with E-state index in [4.69, 9.17) is 4.74 Å². The monoisotopic (exact) mass is 285 g/mol. The van der Waals surface area contributed by atoms with Crippen LogP contribution in [0.25, 0.3) is 0 Å². The van der Waals surface area contributed by atoms with Gasteiger partial charge in [-0.3, -0.25) is 9.78 Å². The molecule has 1 heterocycles. The van der Waals surface area contributed by atoms with Crippen molar-refractivity contribution in [3.8, 4) is 5.75 Å². The van der Waals surface area contributed by atoms with E-state index < -0.39 is 0 Å². The number of nitrogens with zero attached hydrogens (tertiary/aromatic N) is 2. The summed E-state index contributed by atoms with van der Waals surface area (Å²) < 4.78 is 5.40. The fraction of sp³-hybridized carbons (Fsp3) is 0.312. The number of hydrogen-bond acceptors (Lipinski definition) is 4. The third kappa shape index (κ3) is 3.37. The molecular weight excluding hydrogens is 266 g/mol. The fourth-order valence-corrected chi connectivity index (χ4v) is 2.06. The van der Waals surface area contributed by atoms with Gasteiger partial charge in [0, 0.05) is 18.1 Å². The molecule has 0 spiro atoms. The van der Waals surface area contributed by atoms with Crippen molar-refractivity contribution in [2.45, 2.75) is 26.7 Å². The number of carbonyl (C=O) groups is 1. The van der Waals surface area contributed by atoms with Crippen LogP contribution in [0.1, 0.15) is 41.4 Å². The number of aromatic nitrogens is 2. The van der Waals surface area contributed by atoms with Gasteiger partial charge in [-0.25, -0.2) is 4.98 Å². The molecule has 0 aliphatic carbocycles. The van der Waals surface area contributed by atoms with Gasteiger partial charge < -0.3 is 10.1 Å². The minimum absolute atomic E-state index is 0.272. The predicted molar refractivity (Wildman–Crippen MR) is 81.8 cm³/mol. The van der Waals surface area contributed by atoms with E-state index in [2.05, 4.69) is 29.1 Å². The standard InChI is InChI=1S/C16H19N3O2/c1-10(2)12-8-13(11(3)7-15(12)21-4)19-16(20)14-9-17-5-6-18-14/h5-10H,1-4H3,(H,19,20). The highest BCUT2D eigenvalue weighted by atomic mass is 16.5. The first-order valence-corrected chi connectivity index (χ1v) is 6.78. The molecule has 0 aliphatic rings. The van der Waals surface area contributed by atoms with Crippen LogP contribution < -0.4 is 10.1 Å². The number of carbonyl (C=O) groups excluding carboxylic acids is 1. The lowest BCUT2D eigenvalue weighted by Gasteiger charge is -2.16. The quantitative estimate of drug-likeness (QED) is 0.937. The van der Waals surface area contributed by atoms with E-state index in [1.54, 1.807) is 7.11 Å². The fourth-order valence-electron chi connectivity index (χ4n) is 2.06. The van der Waals surface area contributed by atoms with Gasteiger partial charge in [-0.15, -0.1) is 0 Å². The average molecular weight is 285 g/mol. The summed E-state index contributed by atoms with van der Waals surface area (Å²) in [4.78, 5) is 20.1. The second kappa shape index (κ2) is 6.35. The lowest BCUT2D eigenvalue weighted by Crippen LogP contribution is -2.15. The zero-order valence-corrected chi connectivity index (χ0v) is 12.7. The molecule has 110 valence electrons. The molecule has 2 rings (SSSR count). The van der Waals surface area contributed by atoms with Gasteiger partial charge >= 0.3 is 0 Å². The van der Waals surface area contributed by atoms with E-state index in [-0.39, 0.29) is 5.91 Å². The molecule has 0 radical (unpaired) electrons. The maximum Gasteiger partial charge on any atom is 0.275 e. The summed E-state index contributed by atoms with van der Waals surface area (Å²) in [6.07, 6.45) is 4.47. The summed E-state index contributed by atoms with van der Waals surface area (Å²) in [6, 6.07) is 3.88. The van der Waals surface area contributed by atoms with E-state index >= 15 is 0 Å². The number of benzene rings is 1. The van der Waals surface area contributed by atoms with E-state index in [1.807, 2.05) is 19.1 Å². The minimum atomic E-state index is -0.272. The molecule has 0 unspecified atom stereocenters. The summed E-state index contributed by atoms with van der Waals surface area (Å²) in [5.41, 5.74) is 3.04. The van der Waals surface area contributed by atoms with Crippen LogP contribution in [0, 0.1) is 6.92 Å². The van der Waals surface area contributed by atoms with Crippen LogP contribution in [0.5, 0.6) is 5.75 Å². The van der Waals surface area contributed by atoms with E-state index in [9.17, 15) is 4.79 Å². The molecule has 2 aromatic rings. The third-order valence-electron chi connectivity index (χ3n) is 3.24. The number of hydrogen-bond donors (Lipinski definition) is 1. The molecule has 5 heteroatoms. The number of rotatable bonds is 4. The number of nitrogens with one attached hydrogen (secondary N) is 1. The van der Waals surface area contributed by atoms with Gasteiger partial charge in [-0.2, -0.15) is 0 Å². The molecule has 5 nitrogen and oxygen atoms in total. The Morgan fingerprint density at radius 1 is 1.29 bits per heavy atom. The molecule has 21 heavy (non-hydrogen) atoms. The lowest BCUT2D eigenvalue weighted by molar-refractivity contribution is 0.102. The number of amides is 1. The predicted octanol–water partition coefficient (Wildman–Crippen LogP) is 3.17. The first-order chi connectivity index (χ1) is 10.0. The summed E-state index contributed by atoms with van der Waals surface area (Å²) >= 11 is 0. The second-order valence-electron chi connectivity index (χ2n) is 5.11. The first-order valence-electron chi connectivity index (χ1n) is 6.78. The van der Waals surface area contributed by atoms with Gasteiger partial charge in [-0.05, 0) is 36.1 Å². The third-order valence-corrected chi connectivity index (χ3v) is 3.24. The molecule has 0 saturated carbocycles. The van der Waals surface area contributed by atoms with Gasteiger partial charge in [0.15, 0.2) is 0 Å². The van der Waals surface area contributed by atoms with Gasteiger partial charge in [0.1, 0.15) is 11.4 Å². The van der Waals surface area contributed by atoms with Crippen LogP contribution in [0.15, 0.2) is 30.7 Å². The van der Waals surface area contributed by atoms with Crippen LogP contribution in [-0.4, -0.2) is 23.0 Å². The highest BCUT2D eigenvalue weighted by Crippen LogP contribution is 2.32. The van der Waals surface area contributed by atoms with Crippen molar-refractivity contribution in [1.82, 2.24) is 9.97 Å². The molecular formula is C16H19N3O2. The van der Waals surface area contributed by atoms with Crippen molar-refractivity contribution in [1.29, 1.82) is 0 Å². The van der Waals surface area contributed by atoms with E-state index in [0.717, 1.165) is 22.6 Å². The Kier molecular flexibility index (Phi) is 4.52. The van der Waals surface area contributed by atoms with E-state index in [0.29, 0.717) is 11.6 Å². The minimum Gasteiger partial charge on any atom is -0.496 e. The molecule has 1 aromatic heterocycles. The summed E-state index contributed by atoms with van der Waals surface area (Å²) in [5.74, 6) is 0.860. The Bertz CT molecular complexity index is 639. The molecule has 1 amide bonds. The van der Waals surface area contributed by atoms with Gasteiger partial charge in [0.05, 0.1) is 13.3 Å². The zero-order chi connectivity index (χ0) is 15.4. The number of methoxy groups -OCH3 is 1. The highest BCUT2D eigenvalue weighted by Gasteiger charge is 2.14. The largest absolute Gasteiger partial charge is 0.496 e. The maximum atomic E-state index is 12.2. The van der Waals surface area contributed by atoms with Gasteiger partial charge in [0.25, 0.3) is 5.91 Å². The maximum absolute atomic E-state index is 12.2. The van der Waals surface area contributed by atoms with Crippen LogP contribution in [0.3, 0.4) is 0 Å². The normalized spacial score (nSPS) is 10.5. The summed E-state index contributed by atoms with van der Waals surface area (Å²) in [6.45, 7) is 6.10. The molecule has 0 atom stereocenters. The molecule has 1 aromatic carbocycles. The zero-order valence-electron chi connectivity index (χ0n) is 12.7. The average Bonchev–Trinajstić information content (AvgIpc) is 2.49. The Balaban J connectivity index is 2.32. The van der Waals surface area contributed by atoms with Crippen molar-refractivity contribution in [3.05, 3.63) is 47.5 Å². The Morgan fingerprint density at radius 3 is 2.62 bits per heavy atom. The number of ether oxygens (including phenoxy) is 1. The number of aryl methyl sites for hydroxylation is 1. The van der Waals surface area contributed by atoms with Crippen molar-refractivity contribution in [2.24, 2.45) is 0 Å². The topological polar surface area (TPSA) is 64.1 Å². The summed E-state index contributed by atoms with van der Waals surface area (Å²) in [5, 5.41) is 2.88. The van der Waals surface area contributed by atoms with Crippen molar-refractivity contribution < 1.29 is 9.53 Å². The van der Waals surface area contributed by atoms with Gasteiger partial charge in [-0.1, -0.05) is 13.8 Å². The van der Waals surface area contributed by atoms with Crippen LogP contribution in [-0.2, 0) is 0 Å².